The maximum Gasteiger partial charge on any atom is 0.274 e. The van der Waals surface area contributed by atoms with Crippen molar-refractivity contribution in [2.45, 2.75) is 50.7 Å². The zero-order chi connectivity index (χ0) is 19.8. The highest BCUT2D eigenvalue weighted by Crippen LogP contribution is 2.33. The summed E-state index contributed by atoms with van der Waals surface area (Å²) in [6.45, 7) is 2.57. The molecule has 5 rings (SSSR count). The number of nitrogens with zero attached hydrogens (tertiary/aromatic N) is 3. The molecule has 7 heteroatoms. The predicted octanol–water partition coefficient (Wildman–Crippen LogP) is 3.77. The normalized spacial score (nSPS) is 21.2. The van der Waals surface area contributed by atoms with E-state index < -0.39 is 5.79 Å². The van der Waals surface area contributed by atoms with Gasteiger partial charge in [-0.3, -0.25) is 4.79 Å². The van der Waals surface area contributed by atoms with E-state index in [4.69, 9.17) is 26.2 Å². The molecular formula is C22H26ClN3O3. The molecule has 1 amide bonds. The molecule has 1 spiro atoms. The van der Waals surface area contributed by atoms with Gasteiger partial charge < -0.3 is 14.4 Å². The fraction of sp³-hybridized carbons (Fsp3) is 0.545. The van der Waals surface area contributed by atoms with Crippen LogP contribution < -0.4 is 0 Å². The van der Waals surface area contributed by atoms with Gasteiger partial charge in [0.05, 0.1) is 18.9 Å². The summed E-state index contributed by atoms with van der Waals surface area (Å²) in [7, 11) is 0. The molecule has 0 bridgehead atoms. The van der Waals surface area contributed by atoms with Gasteiger partial charge in [-0.05, 0) is 49.9 Å². The molecule has 2 aliphatic heterocycles. The van der Waals surface area contributed by atoms with Crippen LogP contribution in [0.15, 0.2) is 24.3 Å². The second kappa shape index (κ2) is 7.74. The van der Waals surface area contributed by atoms with Gasteiger partial charge in [-0.2, -0.15) is 5.10 Å². The van der Waals surface area contributed by atoms with Crippen molar-refractivity contribution in [2.24, 2.45) is 0 Å². The minimum atomic E-state index is -0.476. The first-order chi connectivity index (χ1) is 14.2. The van der Waals surface area contributed by atoms with Crippen LogP contribution in [0, 0.1) is 0 Å². The van der Waals surface area contributed by atoms with Crippen molar-refractivity contribution in [1.82, 2.24) is 14.7 Å². The second-order valence-corrected chi connectivity index (χ2v) is 8.56. The Labute approximate surface area is 175 Å². The number of fused-ring (bicyclic) bond motifs is 1. The molecule has 2 aromatic rings. The Bertz CT molecular complexity index is 893. The van der Waals surface area contributed by atoms with E-state index in [1.54, 1.807) is 0 Å². The first-order valence-corrected chi connectivity index (χ1v) is 11.0. The van der Waals surface area contributed by atoms with E-state index in [2.05, 4.69) is 0 Å². The topological polar surface area (TPSA) is 56.6 Å². The number of halogens is 1. The van der Waals surface area contributed by atoms with E-state index in [9.17, 15) is 4.79 Å². The van der Waals surface area contributed by atoms with Gasteiger partial charge in [0, 0.05) is 42.2 Å². The van der Waals surface area contributed by atoms with E-state index in [1.807, 2.05) is 33.8 Å². The lowest BCUT2D eigenvalue weighted by molar-refractivity contribution is -0.181. The molecule has 154 valence electrons. The first-order valence-electron chi connectivity index (χ1n) is 10.6. The number of benzene rings is 1. The number of carbonyl (C=O) groups excluding carboxylic acids is 1. The molecule has 0 radical (unpaired) electrons. The molecule has 0 saturated carbocycles. The summed E-state index contributed by atoms with van der Waals surface area (Å²) in [4.78, 5) is 15.3. The van der Waals surface area contributed by atoms with Crippen molar-refractivity contribution in [3.63, 3.8) is 0 Å². The molecule has 1 aromatic heterocycles. The Morgan fingerprint density at radius 3 is 2.41 bits per heavy atom. The highest BCUT2D eigenvalue weighted by atomic mass is 35.5. The quantitative estimate of drug-likeness (QED) is 0.700. The molecule has 3 heterocycles. The van der Waals surface area contributed by atoms with Gasteiger partial charge in [0.1, 0.15) is 0 Å². The summed E-state index contributed by atoms with van der Waals surface area (Å²) in [6, 6.07) is 7.67. The molecule has 0 unspecified atom stereocenters. The van der Waals surface area contributed by atoms with Gasteiger partial charge in [-0.15, -0.1) is 0 Å². The lowest BCUT2D eigenvalue weighted by Gasteiger charge is -2.37. The number of hydrogen-bond donors (Lipinski definition) is 0. The Hall–Kier alpha value is -1.89. The largest absolute Gasteiger partial charge is 0.347 e. The van der Waals surface area contributed by atoms with E-state index in [0.717, 1.165) is 49.8 Å². The zero-order valence-corrected chi connectivity index (χ0v) is 17.3. The Balaban J connectivity index is 1.45. The number of piperidine rings is 1. The lowest BCUT2D eigenvalue weighted by Crippen LogP contribution is -2.47. The monoisotopic (exact) mass is 415 g/mol. The van der Waals surface area contributed by atoms with E-state index in [-0.39, 0.29) is 5.91 Å². The molecule has 2 fully saturated rings. The Morgan fingerprint density at radius 2 is 1.69 bits per heavy atom. The summed E-state index contributed by atoms with van der Waals surface area (Å²) in [5.41, 5.74) is 3.86. The summed E-state index contributed by atoms with van der Waals surface area (Å²) >= 11 is 6.07. The first kappa shape index (κ1) is 19.1. The summed E-state index contributed by atoms with van der Waals surface area (Å²) in [5.74, 6) is -0.445. The van der Waals surface area contributed by atoms with Crippen LogP contribution in [0.5, 0.6) is 0 Å². The van der Waals surface area contributed by atoms with Crippen LogP contribution in [-0.4, -0.2) is 52.7 Å². The summed E-state index contributed by atoms with van der Waals surface area (Å²) in [6.07, 6.45) is 6.71. The third-order valence-electron chi connectivity index (χ3n) is 6.33. The number of rotatable bonds is 2. The highest BCUT2D eigenvalue weighted by Gasteiger charge is 2.41. The van der Waals surface area contributed by atoms with Crippen molar-refractivity contribution in [3.05, 3.63) is 46.2 Å². The molecule has 2 saturated heterocycles. The minimum absolute atomic E-state index is 0.0312. The van der Waals surface area contributed by atoms with Gasteiger partial charge in [-0.1, -0.05) is 18.0 Å². The number of amides is 1. The molecule has 3 aliphatic rings. The predicted molar refractivity (Wildman–Crippen MR) is 110 cm³/mol. The van der Waals surface area contributed by atoms with Crippen LogP contribution in [0.2, 0.25) is 5.02 Å². The van der Waals surface area contributed by atoms with Gasteiger partial charge in [0.15, 0.2) is 11.5 Å². The van der Waals surface area contributed by atoms with E-state index >= 15 is 0 Å². The molecule has 1 aliphatic carbocycles. The van der Waals surface area contributed by atoms with E-state index in [0.29, 0.717) is 37.0 Å². The van der Waals surface area contributed by atoms with Crippen LogP contribution in [0.1, 0.15) is 53.8 Å². The average molecular weight is 416 g/mol. The second-order valence-electron chi connectivity index (χ2n) is 8.12. The van der Waals surface area contributed by atoms with Crippen LogP contribution in [0.4, 0.5) is 0 Å². The number of likely N-dealkylation sites (tertiary alicyclic amines) is 1. The maximum atomic E-state index is 13.4. The number of ether oxygens (including phenoxy) is 2. The molecular weight excluding hydrogens is 390 g/mol. The molecule has 29 heavy (non-hydrogen) atoms. The summed E-state index contributed by atoms with van der Waals surface area (Å²) < 4.78 is 13.6. The molecule has 6 nitrogen and oxygen atoms in total. The number of aromatic nitrogens is 2. The van der Waals surface area contributed by atoms with Crippen LogP contribution in [0.25, 0.3) is 5.69 Å². The van der Waals surface area contributed by atoms with Gasteiger partial charge in [0.2, 0.25) is 0 Å². The van der Waals surface area contributed by atoms with Crippen molar-refractivity contribution in [1.29, 1.82) is 0 Å². The Kier molecular flexibility index (Phi) is 5.10. The highest BCUT2D eigenvalue weighted by molar-refractivity contribution is 6.30. The Morgan fingerprint density at radius 1 is 1.00 bits per heavy atom. The maximum absolute atomic E-state index is 13.4. The SMILES string of the molecule is O=C(c1nn(-c2ccc(Cl)cc2)c2c1CCCCC2)N1CCC2(CC1)OCCO2. The van der Waals surface area contributed by atoms with Gasteiger partial charge >= 0.3 is 0 Å². The molecule has 1 aromatic carbocycles. The smallest absolute Gasteiger partial charge is 0.274 e. The fourth-order valence-electron chi connectivity index (χ4n) is 4.73. The number of hydrogen-bond acceptors (Lipinski definition) is 4. The van der Waals surface area contributed by atoms with Gasteiger partial charge in [0.25, 0.3) is 5.91 Å². The standard InChI is InChI=1S/C22H26ClN3O3/c23-16-6-8-17(9-7-16)26-19-5-3-1-2-4-18(19)20(24-26)21(27)25-12-10-22(11-13-25)28-14-15-29-22/h6-9H,1-5,10-15H2. The van der Waals surface area contributed by atoms with Crippen LogP contribution in [-0.2, 0) is 22.3 Å². The van der Waals surface area contributed by atoms with Crippen molar-refractivity contribution in [2.75, 3.05) is 26.3 Å². The minimum Gasteiger partial charge on any atom is -0.347 e. The average Bonchev–Trinajstić information content (AvgIpc) is 3.26. The molecule has 0 N–H and O–H groups in total. The third kappa shape index (κ3) is 3.58. The third-order valence-corrected chi connectivity index (χ3v) is 6.58. The summed E-state index contributed by atoms with van der Waals surface area (Å²) in [5, 5.41) is 5.51. The lowest BCUT2D eigenvalue weighted by atomic mass is 10.0. The van der Waals surface area contributed by atoms with Crippen LogP contribution >= 0.6 is 11.6 Å². The zero-order valence-electron chi connectivity index (χ0n) is 16.5. The van der Waals surface area contributed by atoms with Gasteiger partial charge in [-0.25, -0.2) is 4.68 Å². The van der Waals surface area contributed by atoms with E-state index in [1.165, 1.54) is 12.1 Å². The van der Waals surface area contributed by atoms with Crippen molar-refractivity contribution in [3.8, 4) is 5.69 Å². The van der Waals surface area contributed by atoms with Crippen molar-refractivity contribution < 1.29 is 14.3 Å². The molecule has 0 atom stereocenters. The van der Waals surface area contributed by atoms with Crippen molar-refractivity contribution >= 4 is 17.5 Å². The van der Waals surface area contributed by atoms with Crippen LogP contribution in [0.3, 0.4) is 0 Å². The fourth-order valence-corrected chi connectivity index (χ4v) is 4.86. The number of carbonyl (C=O) groups is 1.